The molecule has 4 nitrogen and oxygen atoms in total. The van der Waals surface area contributed by atoms with Crippen LogP contribution >= 0.6 is 15.9 Å². The maximum Gasteiger partial charge on any atom is 0.170 e. The van der Waals surface area contributed by atoms with Gasteiger partial charge in [-0.15, -0.1) is 0 Å². The first-order valence-corrected chi connectivity index (χ1v) is 7.03. The van der Waals surface area contributed by atoms with Gasteiger partial charge in [0.2, 0.25) is 0 Å². The summed E-state index contributed by atoms with van der Waals surface area (Å²) in [5, 5.41) is 11.5. The lowest BCUT2D eigenvalue weighted by Gasteiger charge is -2.20. The molecular weight excluding hydrogens is 337 g/mol. The Morgan fingerprint density at radius 2 is 1.95 bits per heavy atom. The number of hydrogen-bond acceptors (Lipinski definition) is 3. The highest BCUT2D eigenvalue weighted by Crippen LogP contribution is 2.22. The Morgan fingerprint density at radius 3 is 2.52 bits per heavy atom. The molecule has 6 heteroatoms. The van der Waals surface area contributed by atoms with Gasteiger partial charge in [0, 0.05) is 23.6 Å². The van der Waals surface area contributed by atoms with Crippen LogP contribution in [0.1, 0.15) is 11.1 Å². The summed E-state index contributed by atoms with van der Waals surface area (Å²) >= 11 is 3.38. The fourth-order valence-electron chi connectivity index (χ4n) is 1.98. The van der Waals surface area contributed by atoms with Crippen LogP contribution < -0.4 is 10.6 Å². The minimum Gasteiger partial charge on any atom is -0.409 e. The highest BCUT2D eigenvalue weighted by atomic mass is 79.9. The van der Waals surface area contributed by atoms with Crippen LogP contribution in [0.2, 0.25) is 0 Å². The van der Waals surface area contributed by atoms with E-state index in [9.17, 15) is 4.39 Å². The normalized spacial score (nSPS) is 11.5. The van der Waals surface area contributed by atoms with Gasteiger partial charge in [-0.3, -0.25) is 0 Å². The molecule has 0 atom stereocenters. The Morgan fingerprint density at radius 1 is 1.29 bits per heavy atom. The number of rotatable bonds is 4. The summed E-state index contributed by atoms with van der Waals surface area (Å²) in [7, 11) is 1.81. The standard InChI is InChI=1S/C15H15BrFN3O/c1-20(9-10-2-5-12(16)6-3-10)14-7-4-11(8-13(14)17)15(18)19-21/h2-8,21H,9H2,1H3,(H2,18,19). The van der Waals surface area contributed by atoms with Crippen molar-refractivity contribution >= 4 is 27.5 Å². The number of nitrogens with zero attached hydrogens (tertiary/aromatic N) is 2. The highest BCUT2D eigenvalue weighted by Gasteiger charge is 2.10. The zero-order valence-corrected chi connectivity index (χ0v) is 13.0. The van der Waals surface area contributed by atoms with Gasteiger partial charge in [0.15, 0.2) is 5.84 Å². The van der Waals surface area contributed by atoms with Crippen molar-refractivity contribution in [2.24, 2.45) is 10.9 Å². The second-order valence-electron chi connectivity index (χ2n) is 4.63. The minimum atomic E-state index is -0.418. The summed E-state index contributed by atoms with van der Waals surface area (Å²) in [6.07, 6.45) is 0. The Labute approximate surface area is 130 Å². The molecule has 0 aliphatic rings. The number of nitrogens with two attached hydrogens (primary N) is 1. The van der Waals surface area contributed by atoms with E-state index in [1.165, 1.54) is 6.07 Å². The van der Waals surface area contributed by atoms with Crippen molar-refractivity contribution in [1.82, 2.24) is 0 Å². The first-order chi connectivity index (χ1) is 10.0. The van der Waals surface area contributed by atoms with Crippen molar-refractivity contribution < 1.29 is 9.60 Å². The quantitative estimate of drug-likeness (QED) is 0.384. The second kappa shape index (κ2) is 6.58. The Kier molecular flexibility index (Phi) is 4.80. The van der Waals surface area contributed by atoms with Gasteiger partial charge in [-0.05, 0) is 35.9 Å². The third kappa shape index (κ3) is 3.72. The summed E-state index contributed by atoms with van der Waals surface area (Å²) in [5.74, 6) is -0.533. The van der Waals surface area contributed by atoms with Gasteiger partial charge in [0.05, 0.1) is 5.69 Å². The zero-order chi connectivity index (χ0) is 15.4. The SMILES string of the molecule is CN(Cc1ccc(Br)cc1)c1ccc(C(N)=NO)cc1F. The summed E-state index contributed by atoms with van der Waals surface area (Å²) in [6.45, 7) is 0.577. The van der Waals surface area contributed by atoms with Crippen LogP contribution in [0.15, 0.2) is 52.1 Å². The predicted octanol–water partition coefficient (Wildman–Crippen LogP) is 3.32. The second-order valence-corrected chi connectivity index (χ2v) is 5.55. The van der Waals surface area contributed by atoms with Gasteiger partial charge in [0.25, 0.3) is 0 Å². The molecule has 0 radical (unpaired) electrons. The molecule has 0 aliphatic heterocycles. The van der Waals surface area contributed by atoms with Gasteiger partial charge in [-0.25, -0.2) is 4.39 Å². The van der Waals surface area contributed by atoms with Gasteiger partial charge < -0.3 is 15.8 Å². The maximum atomic E-state index is 14.1. The Bertz CT molecular complexity index is 658. The molecule has 21 heavy (non-hydrogen) atoms. The van der Waals surface area contributed by atoms with E-state index in [1.807, 2.05) is 31.3 Å². The molecule has 3 N–H and O–H groups in total. The maximum absolute atomic E-state index is 14.1. The third-order valence-electron chi connectivity index (χ3n) is 3.10. The molecule has 0 aromatic heterocycles. The van der Waals surface area contributed by atoms with Crippen LogP contribution in [-0.2, 0) is 6.54 Å². The lowest BCUT2D eigenvalue weighted by Crippen LogP contribution is -2.19. The first kappa shape index (κ1) is 15.3. The summed E-state index contributed by atoms with van der Waals surface area (Å²) < 4.78 is 15.1. The molecule has 2 rings (SSSR count). The number of benzene rings is 2. The van der Waals surface area contributed by atoms with Gasteiger partial charge in [-0.1, -0.05) is 33.2 Å². The van der Waals surface area contributed by atoms with E-state index in [4.69, 9.17) is 10.9 Å². The van der Waals surface area contributed by atoms with Crippen molar-refractivity contribution in [2.45, 2.75) is 6.54 Å². The monoisotopic (exact) mass is 351 g/mol. The van der Waals surface area contributed by atoms with Crippen molar-refractivity contribution in [3.63, 3.8) is 0 Å². The molecule has 0 bridgehead atoms. The van der Waals surface area contributed by atoms with Crippen LogP contribution in [0.5, 0.6) is 0 Å². The lowest BCUT2D eigenvalue weighted by atomic mass is 10.1. The van der Waals surface area contributed by atoms with Crippen LogP contribution in [-0.4, -0.2) is 18.1 Å². The number of amidine groups is 1. The van der Waals surface area contributed by atoms with Gasteiger partial charge >= 0.3 is 0 Å². The molecule has 0 heterocycles. The van der Waals surface area contributed by atoms with Crippen LogP contribution in [0.25, 0.3) is 0 Å². The zero-order valence-electron chi connectivity index (χ0n) is 11.4. The molecule has 2 aromatic carbocycles. The van der Waals surface area contributed by atoms with E-state index in [-0.39, 0.29) is 5.84 Å². The number of hydrogen-bond donors (Lipinski definition) is 2. The number of anilines is 1. The van der Waals surface area contributed by atoms with Crippen LogP contribution in [0.4, 0.5) is 10.1 Å². The fraction of sp³-hybridized carbons (Fsp3) is 0.133. The van der Waals surface area contributed by atoms with Gasteiger partial charge in [0.1, 0.15) is 5.82 Å². The molecule has 2 aromatic rings. The fourth-order valence-corrected chi connectivity index (χ4v) is 2.25. The molecule has 0 unspecified atom stereocenters. The van der Waals surface area contributed by atoms with E-state index >= 15 is 0 Å². The van der Waals surface area contributed by atoms with Crippen molar-refractivity contribution in [3.05, 3.63) is 63.9 Å². The van der Waals surface area contributed by atoms with Gasteiger partial charge in [-0.2, -0.15) is 0 Å². The predicted molar refractivity (Wildman–Crippen MR) is 85.2 cm³/mol. The molecule has 0 aliphatic carbocycles. The van der Waals surface area contributed by atoms with E-state index in [0.29, 0.717) is 17.8 Å². The molecule has 0 amide bonds. The largest absolute Gasteiger partial charge is 0.409 e. The topological polar surface area (TPSA) is 61.8 Å². The summed E-state index contributed by atoms with van der Waals surface area (Å²) in [4.78, 5) is 1.80. The Hall–Kier alpha value is -2.08. The van der Waals surface area contributed by atoms with Crippen molar-refractivity contribution in [2.75, 3.05) is 11.9 Å². The van der Waals surface area contributed by atoms with E-state index < -0.39 is 5.82 Å². The Balaban J connectivity index is 2.19. The molecule has 0 spiro atoms. The average Bonchev–Trinajstić information content (AvgIpc) is 2.48. The molecule has 0 saturated heterocycles. The number of oxime groups is 1. The smallest absolute Gasteiger partial charge is 0.170 e. The first-order valence-electron chi connectivity index (χ1n) is 6.24. The van der Waals surface area contributed by atoms with Crippen molar-refractivity contribution in [3.8, 4) is 0 Å². The summed E-state index contributed by atoms with van der Waals surface area (Å²) in [6, 6.07) is 12.3. The lowest BCUT2D eigenvalue weighted by molar-refractivity contribution is 0.318. The van der Waals surface area contributed by atoms with Crippen molar-refractivity contribution in [1.29, 1.82) is 0 Å². The van der Waals surface area contributed by atoms with Crippen LogP contribution in [0.3, 0.4) is 0 Å². The van der Waals surface area contributed by atoms with E-state index in [0.717, 1.165) is 10.0 Å². The van der Waals surface area contributed by atoms with E-state index in [2.05, 4.69) is 21.1 Å². The minimum absolute atomic E-state index is 0.115. The molecule has 0 fully saturated rings. The average molecular weight is 352 g/mol. The molecule has 110 valence electrons. The summed E-state index contributed by atoms with van der Waals surface area (Å²) in [5.41, 5.74) is 7.31. The molecular formula is C15H15BrFN3O. The van der Waals surface area contributed by atoms with E-state index in [1.54, 1.807) is 17.0 Å². The molecule has 0 saturated carbocycles. The third-order valence-corrected chi connectivity index (χ3v) is 3.62. The highest BCUT2D eigenvalue weighted by molar-refractivity contribution is 9.10. The van der Waals surface area contributed by atoms with Crippen LogP contribution in [0, 0.1) is 5.82 Å². The number of halogens is 2.